The molecule has 0 aliphatic carbocycles. The van der Waals surface area contributed by atoms with Crippen molar-refractivity contribution in [1.29, 1.82) is 0 Å². The van der Waals surface area contributed by atoms with Crippen molar-refractivity contribution >= 4 is 11.6 Å². The Bertz CT molecular complexity index is 425. The number of benzene rings is 1. The molecule has 0 saturated carbocycles. The molecule has 20 heavy (non-hydrogen) atoms. The zero-order chi connectivity index (χ0) is 14.5. The summed E-state index contributed by atoms with van der Waals surface area (Å²) in [4.78, 5) is 2.37. The van der Waals surface area contributed by atoms with Gasteiger partial charge in [0.15, 0.2) is 0 Å². The van der Waals surface area contributed by atoms with E-state index in [2.05, 4.69) is 30.1 Å². The van der Waals surface area contributed by atoms with Crippen molar-refractivity contribution in [2.45, 2.75) is 38.9 Å². The lowest BCUT2D eigenvalue weighted by atomic mass is 9.99. The Labute approximate surface area is 126 Å². The van der Waals surface area contributed by atoms with E-state index < -0.39 is 0 Å². The third kappa shape index (κ3) is 4.45. The van der Waals surface area contributed by atoms with Crippen molar-refractivity contribution in [3.63, 3.8) is 0 Å². The summed E-state index contributed by atoms with van der Waals surface area (Å²) in [6.07, 6.45) is 1.17. The maximum atomic E-state index is 9.55. The maximum Gasteiger partial charge on any atom is 0.0599 e. The van der Waals surface area contributed by atoms with E-state index in [1.165, 1.54) is 12.0 Å². The van der Waals surface area contributed by atoms with Crippen molar-refractivity contribution in [3.8, 4) is 0 Å². The van der Waals surface area contributed by atoms with Gasteiger partial charge in [-0.3, -0.25) is 4.90 Å². The molecule has 2 rings (SSSR count). The molecule has 0 spiro atoms. The first kappa shape index (κ1) is 15.8. The normalized spacial score (nSPS) is 24.2. The zero-order valence-corrected chi connectivity index (χ0v) is 13.1. The fraction of sp³-hybridized carbons (Fsp3) is 0.625. The highest BCUT2D eigenvalue weighted by molar-refractivity contribution is 6.30. The fourth-order valence-corrected chi connectivity index (χ4v) is 3.11. The highest BCUT2D eigenvalue weighted by atomic mass is 35.5. The summed E-state index contributed by atoms with van der Waals surface area (Å²) in [7, 11) is 0. The van der Waals surface area contributed by atoms with E-state index >= 15 is 0 Å². The molecule has 1 heterocycles. The molecule has 0 amide bonds. The van der Waals surface area contributed by atoms with E-state index in [1.54, 1.807) is 0 Å². The molecular formula is C16H25ClN2O. The summed E-state index contributed by atoms with van der Waals surface area (Å²) < 4.78 is 0. The van der Waals surface area contributed by atoms with Gasteiger partial charge in [-0.15, -0.1) is 0 Å². The smallest absolute Gasteiger partial charge is 0.0599 e. The van der Waals surface area contributed by atoms with E-state index in [-0.39, 0.29) is 12.6 Å². The standard InChI is InChI=1S/C16H25ClN2O/c1-12(2)6-15-10-19(16(11-20)8-18-15)9-13-4-3-5-14(17)7-13/h3-5,7,12,15-16,18,20H,6,8-11H2,1-2H3. The van der Waals surface area contributed by atoms with E-state index in [4.69, 9.17) is 11.6 Å². The van der Waals surface area contributed by atoms with Crippen molar-refractivity contribution < 1.29 is 5.11 Å². The Morgan fingerprint density at radius 1 is 1.45 bits per heavy atom. The number of aliphatic hydroxyl groups is 1. The molecule has 2 unspecified atom stereocenters. The van der Waals surface area contributed by atoms with Crippen molar-refractivity contribution in [1.82, 2.24) is 10.2 Å². The van der Waals surface area contributed by atoms with Gasteiger partial charge in [-0.25, -0.2) is 0 Å². The SMILES string of the molecule is CC(C)CC1CN(Cc2cccc(Cl)c2)C(CO)CN1. The number of hydrogen-bond donors (Lipinski definition) is 2. The molecule has 0 bridgehead atoms. The molecule has 2 atom stereocenters. The van der Waals surface area contributed by atoms with Gasteiger partial charge >= 0.3 is 0 Å². The molecule has 1 aliphatic rings. The van der Waals surface area contributed by atoms with Crippen LogP contribution in [0.3, 0.4) is 0 Å². The van der Waals surface area contributed by atoms with Crippen LogP contribution in [0, 0.1) is 5.92 Å². The Hall–Kier alpha value is -0.610. The monoisotopic (exact) mass is 296 g/mol. The summed E-state index contributed by atoms with van der Waals surface area (Å²) in [5, 5.41) is 13.9. The second kappa shape index (κ2) is 7.41. The Morgan fingerprint density at radius 3 is 2.90 bits per heavy atom. The summed E-state index contributed by atoms with van der Waals surface area (Å²) >= 11 is 6.05. The molecule has 0 radical (unpaired) electrons. The summed E-state index contributed by atoms with van der Waals surface area (Å²) in [5.41, 5.74) is 1.21. The first-order valence-corrected chi connectivity index (χ1v) is 7.79. The molecule has 0 aromatic heterocycles. The van der Waals surface area contributed by atoms with Gasteiger partial charge in [0.25, 0.3) is 0 Å². The molecule has 3 nitrogen and oxygen atoms in total. The lowest BCUT2D eigenvalue weighted by Crippen LogP contribution is -2.57. The van der Waals surface area contributed by atoms with Crippen LogP contribution in [0.1, 0.15) is 25.8 Å². The number of aliphatic hydroxyl groups excluding tert-OH is 1. The lowest BCUT2D eigenvalue weighted by Gasteiger charge is -2.40. The Kier molecular flexibility index (Phi) is 5.85. The molecule has 1 saturated heterocycles. The Balaban J connectivity index is 2.01. The summed E-state index contributed by atoms with van der Waals surface area (Å²) in [6, 6.07) is 8.69. The number of nitrogens with zero attached hydrogens (tertiary/aromatic N) is 1. The molecular weight excluding hydrogens is 272 g/mol. The summed E-state index contributed by atoms with van der Waals surface area (Å²) in [6.45, 7) is 7.39. The topological polar surface area (TPSA) is 35.5 Å². The predicted octanol–water partition coefficient (Wildman–Crippen LogP) is 2.52. The lowest BCUT2D eigenvalue weighted by molar-refractivity contribution is 0.0700. The second-order valence-electron chi connectivity index (χ2n) is 6.13. The van der Waals surface area contributed by atoms with Crippen molar-refractivity contribution in [3.05, 3.63) is 34.9 Å². The highest BCUT2D eigenvalue weighted by Gasteiger charge is 2.27. The third-order valence-electron chi connectivity index (χ3n) is 3.85. The molecule has 1 aromatic rings. The van der Waals surface area contributed by atoms with E-state index in [9.17, 15) is 5.11 Å². The zero-order valence-electron chi connectivity index (χ0n) is 12.3. The van der Waals surface area contributed by atoms with Crippen LogP contribution in [0.25, 0.3) is 0 Å². The molecule has 4 heteroatoms. The maximum absolute atomic E-state index is 9.55. The Morgan fingerprint density at radius 2 is 2.25 bits per heavy atom. The van der Waals surface area contributed by atoms with Gasteiger partial charge in [0.2, 0.25) is 0 Å². The van der Waals surface area contributed by atoms with Crippen molar-refractivity contribution in [2.24, 2.45) is 5.92 Å². The van der Waals surface area contributed by atoms with Crippen LogP contribution in [0.15, 0.2) is 24.3 Å². The molecule has 2 N–H and O–H groups in total. The summed E-state index contributed by atoms with van der Waals surface area (Å²) in [5.74, 6) is 0.686. The van der Waals surface area contributed by atoms with Crippen LogP contribution in [-0.4, -0.2) is 41.8 Å². The van der Waals surface area contributed by atoms with Gasteiger partial charge in [-0.05, 0) is 30.0 Å². The molecule has 1 aromatic carbocycles. The number of nitrogens with one attached hydrogen (secondary N) is 1. The van der Waals surface area contributed by atoms with Crippen LogP contribution < -0.4 is 5.32 Å². The average Bonchev–Trinajstić information content (AvgIpc) is 2.38. The van der Waals surface area contributed by atoms with Gasteiger partial charge in [0.1, 0.15) is 0 Å². The van der Waals surface area contributed by atoms with E-state index in [0.717, 1.165) is 24.7 Å². The van der Waals surface area contributed by atoms with Gasteiger partial charge in [0, 0.05) is 36.7 Å². The van der Waals surface area contributed by atoms with Gasteiger partial charge in [0.05, 0.1) is 6.61 Å². The van der Waals surface area contributed by atoms with E-state index in [0.29, 0.717) is 12.0 Å². The number of halogens is 1. The first-order valence-electron chi connectivity index (χ1n) is 7.41. The number of rotatable bonds is 5. The van der Waals surface area contributed by atoms with Crippen molar-refractivity contribution in [2.75, 3.05) is 19.7 Å². The largest absolute Gasteiger partial charge is 0.395 e. The highest BCUT2D eigenvalue weighted by Crippen LogP contribution is 2.18. The van der Waals surface area contributed by atoms with E-state index in [1.807, 2.05) is 18.2 Å². The third-order valence-corrected chi connectivity index (χ3v) is 4.09. The van der Waals surface area contributed by atoms with Crippen LogP contribution in [0.5, 0.6) is 0 Å². The second-order valence-corrected chi connectivity index (χ2v) is 6.57. The molecule has 112 valence electrons. The molecule has 1 aliphatic heterocycles. The van der Waals surface area contributed by atoms with Gasteiger partial charge < -0.3 is 10.4 Å². The fourth-order valence-electron chi connectivity index (χ4n) is 2.90. The van der Waals surface area contributed by atoms with Crippen LogP contribution in [0.4, 0.5) is 0 Å². The predicted molar refractivity (Wildman–Crippen MR) is 84.0 cm³/mol. The first-order chi connectivity index (χ1) is 9.58. The van der Waals surface area contributed by atoms with Gasteiger partial charge in [-0.1, -0.05) is 37.6 Å². The minimum atomic E-state index is 0.192. The van der Waals surface area contributed by atoms with Gasteiger partial charge in [-0.2, -0.15) is 0 Å². The average molecular weight is 297 g/mol. The van der Waals surface area contributed by atoms with Crippen LogP contribution in [0.2, 0.25) is 5.02 Å². The number of hydrogen-bond acceptors (Lipinski definition) is 3. The van der Waals surface area contributed by atoms with Crippen LogP contribution >= 0.6 is 11.6 Å². The quantitative estimate of drug-likeness (QED) is 0.876. The molecule has 1 fully saturated rings. The van der Waals surface area contributed by atoms with Crippen LogP contribution in [-0.2, 0) is 6.54 Å². The minimum absolute atomic E-state index is 0.192. The minimum Gasteiger partial charge on any atom is -0.395 e. The number of piperazine rings is 1.